The van der Waals surface area contributed by atoms with Crippen molar-refractivity contribution in [3.8, 4) is 11.1 Å². The Balaban J connectivity index is 1.99. The van der Waals surface area contributed by atoms with Gasteiger partial charge in [0.2, 0.25) is 0 Å². The average molecular weight is 440 g/mol. The van der Waals surface area contributed by atoms with E-state index in [1.54, 1.807) is 30.3 Å². The van der Waals surface area contributed by atoms with Gasteiger partial charge in [0.15, 0.2) is 0 Å². The van der Waals surface area contributed by atoms with Gasteiger partial charge >= 0.3 is 12.1 Å². The predicted octanol–water partition coefficient (Wildman–Crippen LogP) is 5.17. The van der Waals surface area contributed by atoms with Gasteiger partial charge in [-0.1, -0.05) is 54.1 Å². The summed E-state index contributed by atoms with van der Waals surface area (Å²) in [6, 6.07) is 21.8. The largest absolute Gasteiger partial charge is 0.478 e. The van der Waals surface area contributed by atoms with Crippen LogP contribution in [0.25, 0.3) is 11.1 Å². The molecule has 7 heteroatoms. The lowest BCUT2D eigenvalue weighted by Gasteiger charge is -2.21. The fourth-order valence-electron chi connectivity index (χ4n) is 3.18. The summed E-state index contributed by atoms with van der Waals surface area (Å²) in [5.74, 6) is -1.03. The van der Waals surface area contributed by atoms with Crippen molar-refractivity contribution >= 4 is 23.7 Å². The smallest absolute Gasteiger partial charge is 0.406 e. The van der Waals surface area contributed by atoms with Crippen LogP contribution in [-0.2, 0) is 9.47 Å². The number of benzene rings is 3. The number of aromatic carboxylic acids is 1. The number of ether oxygens (including phenoxy) is 2. The minimum Gasteiger partial charge on any atom is -0.478 e. The van der Waals surface area contributed by atoms with Gasteiger partial charge in [0, 0.05) is 11.6 Å². The van der Waals surface area contributed by atoms with Crippen molar-refractivity contribution in [2.75, 3.05) is 20.3 Å². The predicted molar refractivity (Wildman–Crippen MR) is 118 cm³/mol. The Morgan fingerprint density at radius 3 is 2.42 bits per heavy atom. The molecular formula is C24H22ClNO5. The van der Waals surface area contributed by atoms with Crippen LogP contribution in [0, 0.1) is 0 Å². The molecule has 0 bridgehead atoms. The minimum atomic E-state index is -1.03. The maximum absolute atomic E-state index is 11.8. The fourth-order valence-corrected chi connectivity index (χ4v) is 3.38. The second-order valence-corrected chi connectivity index (χ2v) is 7.18. The summed E-state index contributed by atoms with van der Waals surface area (Å²) in [4.78, 5) is 23.1. The molecule has 160 valence electrons. The third-order valence-electron chi connectivity index (χ3n) is 4.60. The highest BCUT2D eigenvalue weighted by Gasteiger charge is 2.19. The van der Waals surface area contributed by atoms with E-state index in [-0.39, 0.29) is 18.7 Å². The molecule has 3 aromatic rings. The molecule has 3 aromatic carbocycles. The third kappa shape index (κ3) is 6.07. The number of carboxylic acid groups (broad SMARTS) is 1. The highest BCUT2D eigenvalue weighted by atomic mass is 35.5. The van der Waals surface area contributed by atoms with Crippen LogP contribution in [0.2, 0.25) is 5.02 Å². The molecule has 2 N–H and O–H groups in total. The number of halogens is 1. The monoisotopic (exact) mass is 439 g/mol. The van der Waals surface area contributed by atoms with E-state index in [4.69, 9.17) is 16.3 Å². The van der Waals surface area contributed by atoms with E-state index in [9.17, 15) is 14.7 Å². The number of carboxylic acids is 1. The van der Waals surface area contributed by atoms with E-state index >= 15 is 0 Å². The first-order valence-corrected chi connectivity index (χ1v) is 9.98. The van der Waals surface area contributed by atoms with Crippen LogP contribution in [-0.4, -0.2) is 37.4 Å². The van der Waals surface area contributed by atoms with Crippen LogP contribution < -0.4 is 5.32 Å². The zero-order valence-corrected chi connectivity index (χ0v) is 17.6. The first-order chi connectivity index (χ1) is 15.0. The van der Waals surface area contributed by atoms with E-state index < -0.39 is 18.2 Å². The van der Waals surface area contributed by atoms with Crippen LogP contribution in [0.5, 0.6) is 0 Å². The van der Waals surface area contributed by atoms with Gasteiger partial charge in [0.1, 0.15) is 6.10 Å². The zero-order chi connectivity index (χ0) is 22.2. The molecule has 0 spiro atoms. The zero-order valence-electron chi connectivity index (χ0n) is 16.9. The van der Waals surface area contributed by atoms with Gasteiger partial charge in [-0.05, 0) is 52.6 Å². The average Bonchev–Trinajstić information content (AvgIpc) is 2.79. The van der Waals surface area contributed by atoms with Crippen molar-refractivity contribution in [1.82, 2.24) is 5.32 Å². The molecule has 0 saturated carbocycles. The SMILES string of the molecule is COC(=O)NCCOC(c1cccc(Cl)c1)c1cc(C(=O)O)cc(-c2ccccc2)c1. The maximum Gasteiger partial charge on any atom is 0.406 e. The number of carbonyl (C=O) groups excluding carboxylic acids is 1. The molecule has 3 rings (SSSR count). The Morgan fingerprint density at radius 1 is 0.968 bits per heavy atom. The second kappa shape index (κ2) is 10.6. The lowest BCUT2D eigenvalue weighted by molar-refractivity contribution is 0.0693. The molecule has 0 aromatic heterocycles. The highest BCUT2D eigenvalue weighted by Crippen LogP contribution is 2.32. The molecule has 0 saturated heterocycles. The van der Waals surface area contributed by atoms with Crippen LogP contribution in [0.1, 0.15) is 27.6 Å². The summed E-state index contributed by atoms with van der Waals surface area (Å²) >= 11 is 6.18. The Kier molecular flexibility index (Phi) is 7.65. The minimum absolute atomic E-state index is 0.152. The van der Waals surface area contributed by atoms with E-state index in [0.29, 0.717) is 10.6 Å². The van der Waals surface area contributed by atoms with E-state index in [0.717, 1.165) is 16.7 Å². The lowest BCUT2D eigenvalue weighted by atomic mass is 9.94. The molecule has 0 radical (unpaired) electrons. The summed E-state index contributed by atoms with van der Waals surface area (Å²) in [7, 11) is 1.29. The quantitative estimate of drug-likeness (QED) is 0.473. The summed E-state index contributed by atoms with van der Waals surface area (Å²) < 4.78 is 10.6. The first kappa shape index (κ1) is 22.3. The normalized spacial score (nSPS) is 11.5. The van der Waals surface area contributed by atoms with E-state index in [1.807, 2.05) is 42.5 Å². The van der Waals surface area contributed by atoms with E-state index in [2.05, 4.69) is 10.1 Å². The summed E-state index contributed by atoms with van der Waals surface area (Å²) in [5, 5.41) is 12.8. The van der Waals surface area contributed by atoms with Gasteiger partial charge < -0.3 is 19.9 Å². The number of methoxy groups -OCH3 is 1. The Labute approximate surface area is 185 Å². The van der Waals surface area contributed by atoms with Crippen molar-refractivity contribution < 1.29 is 24.2 Å². The number of nitrogens with one attached hydrogen (secondary N) is 1. The molecule has 1 atom stereocenters. The van der Waals surface area contributed by atoms with Crippen molar-refractivity contribution in [3.05, 3.63) is 94.5 Å². The first-order valence-electron chi connectivity index (χ1n) is 9.60. The third-order valence-corrected chi connectivity index (χ3v) is 4.84. The van der Waals surface area contributed by atoms with Gasteiger partial charge in [-0.2, -0.15) is 0 Å². The van der Waals surface area contributed by atoms with Gasteiger partial charge in [0.25, 0.3) is 0 Å². The maximum atomic E-state index is 11.8. The Hall–Kier alpha value is -3.35. The summed E-state index contributed by atoms with van der Waals surface area (Å²) in [5.41, 5.74) is 3.24. The van der Waals surface area contributed by atoms with Crippen LogP contribution >= 0.6 is 11.6 Å². The summed E-state index contributed by atoms with van der Waals surface area (Å²) in [6.07, 6.45) is -1.14. The topological polar surface area (TPSA) is 84.9 Å². The molecule has 6 nitrogen and oxygen atoms in total. The number of hydrogen-bond donors (Lipinski definition) is 2. The standard InChI is InChI=1S/C24H22ClNO5/c1-30-24(29)26-10-11-31-22(17-8-5-9-21(25)15-17)19-12-18(13-20(14-19)23(27)28)16-6-3-2-4-7-16/h2-9,12-15,22H,10-11H2,1H3,(H,26,29)(H,27,28). The van der Waals surface area contributed by atoms with Crippen LogP contribution in [0.4, 0.5) is 4.79 Å². The van der Waals surface area contributed by atoms with Crippen LogP contribution in [0.3, 0.4) is 0 Å². The van der Waals surface area contributed by atoms with Crippen LogP contribution in [0.15, 0.2) is 72.8 Å². The number of carbonyl (C=O) groups is 2. The number of hydrogen-bond acceptors (Lipinski definition) is 4. The molecule has 0 aliphatic rings. The molecule has 0 aliphatic carbocycles. The molecule has 0 fully saturated rings. The molecule has 0 aliphatic heterocycles. The van der Waals surface area contributed by atoms with Gasteiger partial charge in [0.05, 0.1) is 19.3 Å². The number of rotatable bonds is 8. The second-order valence-electron chi connectivity index (χ2n) is 6.74. The van der Waals surface area contributed by atoms with Gasteiger partial charge in [-0.25, -0.2) is 9.59 Å². The molecular weight excluding hydrogens is 418 g/mol. The lowest BCUT2D eigenvalue weighted by Crippen LogP contribution is -2.27. The van der Waals surface area contributed by atoms with Gasteiger partial charge in [-0.15, -0.1) is 0 Å². The van der Waals surface area contributed by atoms with Crippen molar-refractivity contribution in [3.63, 3.8) is 0 Å². The molecule has 31 heavy (non-hydrogen) atoms. The number of amides is 1. The fraction of sp³-hybridized carbons (Fsp3) is 0.167. The Morgan fingerprint density at radius 2 is 1.74 bits per heavy atom. The molecule has 1 unspecified atom stereocenters. The molecule has 1 amide bonds. The van der Waals surface area contributed by atoms with Gasteiger partial charge in [-0.3, -0.25) is 0 Å². The number of alkyl carbamates (subject to hydrolysis) is 1. The van der Waals surface area contributed by atoms with Crippen molar-refractivity contribution in [2.45, 2.75) is 6.10 Å². The van der Waals surface area contributed by atoms with E-state index in [1.165, 1.54) is 7.11 Å². The summed E-state index contributed by atoms with van der Waals surface area (Å²) in [6.45, 7) is 0.415. The van der Waals surface area contributed by atoms with Crippen molar-refractivity contribution in [2.24, 2.45) is 0 Å². The van der Waals surface area contributed by atoms with Crippen molar-refractivity contribution in [1.29, 1.82) is 0 Å². The Bertz CT molecular complexity index is 1050. The molecule has 0 heterocycles. The highest BCUT2D eigenvalue weighted by molar-refractivity contribution is 6.30.